The number of rotatable bonds is 11. The highest BCUT2D eigenvalue weighted by Crippen LogP contribution is 2.64. The molecule has 9 heteroatoms. The number of anilines is 1. The maximum absolute atomic E-state index is 14.5. The summed E-state index contributed by atoms with van der Waals surface area (Å²) in [6, 6.07) is 5.30. The molecule has 3 saturated heterocycles. The van der Waals surface area contributed by atoms with Crippen molar-refractivity contribution in [3.63, 3.8) is 0 Å². The number of aliphatic carboxylic acids is 1. The summed E-state index contributed by atoms with van der Waals surface area (Å²) in [5, 5.41) is 20.6. The van der Waals surface area contributed by atoms with Crippen molar-refractivity contribution in [2.75, 3.05) is 25.2 Å². The molecule has 0 saturated carbocycles. The second-order valence-electron chi connectivity index (χ2n) is 10.8. The van der Waals surface area contributed by atoms with E-state index in [-0.39, 0.29) is 25.0 Å². The van der Waals surface area contributed by atoms with Crippen molar-refractivity contribution in [2.45, 2.75) is 69.7 Å². The third-order valence-corrected chi connectivity index (χ3v) is 8.43. The first-order chi connectivity index (χ1) is 17.6. The molecule has 0 radical (unpaired) electrons. The van der Waals surface area contributed by atoms with Gasteiger partial charge in [0.1, 0.15) is 23.3 Å². The molecule has 3 aliphatic heterocycles. The van der Waals surface area contributed by atoms with Gasteiger partial charge in [-0.2, -0.15) is 0 Å². The zero-order chi connectivity index (χ0) is 27.1. The van der Waals surface area contributed by atoms with Gasteiger partial charge in [-0.05, 0) is 55.9 Å². The summed E-state index contributed by atoms with van der Waals surface area (Å²) in [6.07, 6.45) is 3.37. The SMILES string of the molecule is C=CCN(C(=O)C1N([C@@H](CO)CC(C)C)C(=O)[C@@H]2[C@@H](C(=O)O)[C@@]3(CC)CCC12O3)c1ccc(OC)cc1. The third-order valence-electron chi connectivity index (χ3n) is 8.43. The molecule has 2 N–H and O–H groups in total. The van der Waals surface area contributed by atoms with Gasteiger partial charge in [0.2, 0.25) is 5.91 Å². The van der Waals surface area contributed by atoms with Gasteiger partial charge in [-0.1, -0.05) is 26.8 Å². The van der Waals surface area contributed by atoms with Crippen molar-refractivity contribution < 1.29 is 34.1 Å². The lowest BCUT2D eigenvalue weighted by Gasteiger charge is -2.40. The van der Waals surface area contributed by atoms with Crippen molar-refractivity contribution in [1.82, 2.24) is 4.90 Å². The van der Waals surface area contributed by atoms with Crippen LogP contribution in [-0.2, 0) is 19.1 Å². The molecule has 37 heavy (non-hydrogen) atoms. The molecule has 2 bridgehead atoms. The van der Waals surface area contributed by atoms with Crippen LogP contribution in [0.25, 0.3) is 0 Å². The topological polar surface area (TPSA) is 117 Å². The molecule has 9 nitrogen and oxygen atoms in total. The minimum absolute atomic E-state index is 0.138. The number of aliphatic hydroxyl groups is 1. The fraction of sp³-hybridized carbons (Fsp3) is 0.607. The first-order valence-electron chi connectivity index (χ1n) is 13.0. The van der Waals surface area contributed by atoms with Crippen LogP contribution in [0.4, 0.5) is 5.69 Å². The molecule has 3 heterocycles. The summed E-state index contributed by atoms with van der Waals surface area (Å²) in [4.78, 5) is 44.1. The number of ether oxygens (including phenoxy) is 2. The van der Waals surface area contributed by atoms with E-state index < -0.39 is 47.0 Å². The number of amides is 2. The summed E-state index contributed by atoms with van der Waals surface area (Å²) in [5.41, 5.74) is -1.67. The average Bonchev–Trinajstić information content (AvgIpc) is 3.49. The summed E-state index contributed by atoms with van der Waals surface area (Å²) in [6.45, 7) is 9.49. The predicted octanol–water partition coefficient (Wildman–Crippen LogP) is 2.86. The van der Waals surface area contributed by atoms with E-state index in [1.54, 1.807) is 42.4 Å². The summed E-state index contributed by atoms with van der Waals surface area (Å²) in [7, 11) is 1.56. The van der Waals surface area contributed by atoms with Gasteiger partial charge in [0.15, 0.2) is 0 Å². The smallest absolute Gasteiger partial charge is 0.310 e. The lowest BCUT2D eigenvalue weighted by molar-refractivity contribution is -0.157. The first-order valence-corrected chi connectivity index (χ1v) is 13.0. The van der Waals surface area contributed by atoms with Gasteiger partial charge in [0, 0.05) is 12.2 Å². The zero-order valence-corrected chi connectivity index (χ0v) is 22.1. The number of methoxy groups -OCH3 is 1. The van der Waals surface area contributed by atoms with Crippen LogP contribution < -0.4 is 9.64 Å². The maximum Gasteiger partial charge on any atom is 0.310 e. The molecule has 202 valence electrons. The predicted molar refractivity (Wildman–Crippen MR) is 137 cm³/mol. The molecule has 1 aromatic rings. The summed E-state index contributed by atoms with van der Waals surface area (Å²) < 4.78 is 11.9. The summed E-state index contributed by atoms with van der Waals surface area (Å²) in [5.74, 6) is -3.15. The molecule has 1 spiro atoms. The number of fused-ring (bicyclic) bond motifs is 1. The number of carboxylic acid groups (broad SMARTS) is 1. The largest absolute Gasteiger partial charge is 0.497 e. The number of hydrogen-bond donors (Lipinski definition) is 2. The highest BCUT2D eigenvalue weighted by Gasteiger charge is 2.79. The number of carboxylic acids is 1. The standard InChI is InChI=1S/C28H38N2O7/c1-6-14-29(18-8-10-20(36-5)11-9-18)25(33)23-28-13-12-27(7-2,37-28)22(26(34)35)21(28)24(32)30(23)19(16-31)15-17(3)4/h6,8-11,17,19,21-23,31H,1,7,12-16H2,2-5H3,(H,34,35)/t19-,21+,22+,23?,27-,28?/m1/s1. The Bertz CT molecular complexity index is 1060. The molecule has 4 rings (SSSR count). The summed E-state index contributed by atoms with van der Waals surface area (Å²) >= 11 is 0. The number of nitrogens with zero attached hydrogens (tertiary/aromatic N) is 2. The van der Waals surface area contributed by atoms with Gasteiger partial charge in [0.25, 0.3) is 5.91 Å². The zero-order valence-electron chi connectivity index (χ0n) is 22.1. The van der Waals surface area contributed by atoms with Crippen molar-refractivity contribution in [2.24, 2.45) is 17.8 Å². The Hall–Kier alpha value is -2.91. The van der Waals surface area contributed by atoms with Crippen LogP contribution in [0.3, 0.4) is 0 Å². The lowest BCUT2D eigenvalue weighted by atomic mass is 9.65. The minimum atomic E-state index is -1.27. The van der Waals surface area contributed by atoms with E-state index >= 15 is 0 Å². The van der Waals surface area contributed by atoms with Crippen LogP contribution in [0.5, 0.6) is 5.75 Å². The molecule has 1 aromatic carbocycles. The van der Waals surface area contributed by atoms with E-state index in [2.05, 4.69) is 6.58 Å². The van der Waals surface area contributed by atoms with E-state index in [1.165, 1.54) is 4.90 Å². The van der Waals surface area contributed by atoms with Gasteiger partial charge in [-0.15, -0.1) is 6.58 Å². The normalized spacial score (nSPS) is 30.9. The van der Waals surface area contributed by atoms with Gasteiger partial charge < -0.3 is 29.5 Å². The molecule has 2 amide bonds. The molecule has 3 aliphatic rings. The number of likely N-dealkylation sites (tertiary alicyclic amines) is 1. The Morgan fingerprint density at radius 3 is 2.49 bits per heavy atom. The Morgan fingerprint density at radius 1 is 1.30 bits per heavy atom. The van der Waals surface area contributed by atoms with Crippen LogP contribution in [-0.4, -0.2) is 76.4 Å². The molecular formula is C28H38N2O7. The Balaban J connectivity index is 1.85. The fourth-order valence-corrected chi connectivity index (χ4v) is 6.89. The quantitative estimate of drug-likeness (QED) is 0.436. The highest BCUT2D eigenvalue weighted by molar-refractivity contribution is 6.05. The number of carbonyl (C=O) groups excluding carboxylic acids is 2. The van der Waals surface area contributed by atoms with Crippen LogP contribution in [0.2, 0.25) is 0 Å². The van der Waals surface area contributed by atoms with Crippen molar-refractivity contribution >= 4 is 23.5 Å². The van der Waals surface area contributed by atoms with E-state index in [0.717, 1.165) is 0 Å². The van der Waals surface area contributed by atoms with E-state index in [1.807, 2.05) is 20.8 Å². The molecule has 0 aromatic heterocycles. The van der Waals surface area contributed by atoms with Crippen LogP contribution in [0.1, 0.15) is 46.5 Å². The van der Waals surface area contributed by atoms with Crippen molar-refractivity contribution in [1.29, 1.82) is 0 Å². The number of carbonyl (C=O) groups is 3. The second kappa shape index (κ2) is 10.1. The Kier molecular flexibility index (Phi) is 7.41. The van der Waals surface area contributed by atoms with E-state index in [4.69, 9.17) is 9.47 Å². The number of aliphatic hydroxyl groups excluding tert-OH is 1. The second-order valence-corrected chi connectivity index (χ2v) is 10.8. The maximum atomic E-state index is 14.5. The Labute approximate surface area is 218 Å². The van der Waals surface area contributed by atoms with Crippen molar-refractivity contribution in [3.05, 3.63) is 36.9 Å². The third kappa shape index (κ3) is 4.12. The molecule has 3 fully saturated rings. The first kappa shape index (κ1) is 27.1. The molecule has 2 unspecified atom stereocenters. The molecular weight excluding hydrogens is 476 g/mol. The fourth-order valence-electron chi connectivity index (χ4n) is 6.89. The lowest BCUT2D eigenvalue weighted by Crippen LogP contribution is -2.59. The van der Waals surface area contributed by atoms with Gasteiger partial charge in [0.05, 0.1) is 31.3 Å². The average molecular weight is 515 g/mol. The number of benzene rings is 1. The van der Waals surface area contributed by atoms with Crippen LogP contribution in [0, 0.1) is 17.8 Å². The van der Waals surface area contributed by atoms with Gasteiger partial charge in [-0.3, -0.25) is 14.4 Å². The van der Waals surface area contributed by atoms with Crippen LogP contribution >= 0.6 is 0 Å². The molecule has 0 aliphatic carbocycles. The Morgan fingerprint density at radius 2 is 1.97 bits per heavy atom. The van der Waals surface area contributed by atoms with Gasteiger partial charge in [-0.25, -0.2) is 0 Å². The van der Waals surface area contributed by atoms with Gasteiger partial charge >= 0.3 is 5.97 Å². The van der Waals surface area contributed by atoms with Crippen molar-refractivity contribution in [3.8, 4) is 5.75 Å². The highest BCUT2D eigenvalue weighted by atomic mass is 16.5. The minimum Gasteiger partial charge on any atom is -0.497 e. The monoisotopic (exact) mass is 514 g/mol. The number of hydrogen-bond acceptors (Lipinski definition) is 6. The van der Waals surface area contributed by atoms with Crippen LogP contribution in [0.15, 0.2) is 36.9 Å². The molecule has 6 atom stereocenters. The van der Waals surface area contributed by atoms with E-state index in [9.17, 15) is 24.6 Å². The van der Waals surface area contributed by atoms with E-state index in [0.29, 0.717) is 37.1 Å².